The van der Waals surface area contributed by atoms with E-state index in [0.717, 1.165) is 11.1 Å². The summed E-state index contributed by atoms with van der Waals surface area (Å²) in [5.74, 6) is 0. The summed E-state index contributed by atoms with van der Waals surface area (Å²) in [6.07, 6.45) is 0.237. The van der Waals surface area contributed by atoms with Crippen LogP contribution in [0.4, 0.5) is 0 Å². The average molecular weight is 473 g/mol. The van der Waals surface area contributed by atoms with Crippen LogP contribution in [0.5, 0.6) is 0 Å². The minimum Gasteiger partial charge on any atom is -0.263 e. The Morgan fingerprint density at radius 1 is 0.750 bits per heavy atom. The summed E-state index contributed by atoms with van der Waals surface area (Å²) >= 11 is 0. The molecule has 7 heteroatoms. The van der Waals surface area contributed by atoms with Crippen molar-refractivity contribution in [2.75, 3.05) is 0 Å². The molecule has 0 heterocycles. The summed E-state index contributed by atoms with van der Waals surface area (Å²) in [4.78, 5) is 0.280. The fourth-order valence-corrected chi connectivity index (χ4v) is 6.04. The minimum atomic E-state index is -4.03. The van der Waals surface area contributed by atoms with Gasteiger partial charge >= 0.3 is 0 Å². The highest BCUT2D eigenvalue weighted by molar-refractivity contribution is 7.92. The lowest BCUT2D eigenvalue weighted by molar-refractivity contribution is 0.188. The maximum atomic E-state index is 13.0. The van der Waals surface area contributed by atoms with Crippen molar-refractivity contribution >= 4 is 20.0 Å². The lowest BCUT2D eigenvalue weighted by Crippen LogP contribution is -2.28. The zero-order valence-electron chi connectivity index (χ0n) is 18.2. The van der Waals surface area contributed by atoms with Crippen molar-refractivity contribution in [3.63, 3.8) is 0 Å². The van der Waals surface area contributed by atoms with Gasteiger partial charge in [0.25, 0.3) is 10.1 Å². The number of aryl methyl sites for hydroxylation is 2. The third-order valence-corrected chi connectivity index (χ3v) is 8.92. The molecule has 32 heavy (non-hydrogen) atoms. The highest BCUT2D eigenvalue weighted by Gasteiger charge is 2.29. The first kappa shape index (κ1) is 24.2. The van der Waals surface area contributed by atoms with E-state index < -0.39 is 31.3 Å². The van der Waals surface area contributed by atoms with Crippen LogP contribution in [0.25, 0.3) is 0 Å². The molecule has 0 amide bonds. The molecular weight excluding hydrogens is 444 g/mol. The van der Waals surface area contributed by atoms with Crippen LogP contribution >= 0.6 is 0 Å². The lowest BCUT2D eigenvalue weighted by atomic mass is 10.0. The zero-order chi connectivity index (χ0) is 23.2. The predicted molar refractivity (Wildman–Crippen MR) is 126 cm³/mol. The van der Waals surface area contributed by atoms with Gasteiger partial charge in [-0.2, -0.15) is 8.42 Å². The normalized spacial score (nSPS) is 14.1. The molecule has 2 atom stereocenters. The Hall–Kier alpha value is -2.48. The molecule has 1 unspecified atom stereocenters. The third kappa shape index (κ3) is 6.28. The molecule has 170 valence electrons. The SMILES string of the molecule is Cc1ccc(S(=O)(=O)O[C@@H](CCc2ccccc2)CC(C)S(=O)(=O)c2ccccc2)cc1. The van der Waals surface area contributed by atoms with Crippen molar-refractivity contribution in [1.82, 2.24) is 0 Å². The minimum absolute atomic E-state index is 0.0615. The molecule has 0 bridgehead atoms. The molecule has 3 rings (SSSR count). The number of sulfone groups is 1. The summed E-state index contributed by atoms with van der Waals surface area (Å²) < 4.78 is 57.4. The van der Waals surface area contributed by atoms with Crippen LogP contribution in [0.2, 0.25) is 0 Å². The van der Waals surface area contributed by atoms with Crippen LogP contribution in [-0.4, -0.2) is 28.2 Å². The highest BCUT2D eigenvalue weighted by Crippen LogP contribution is 2.25. The smallest absolute Gasteiger partial charge is 0.263 e. The second-order valence-corrected chi connectivity index (χ2v) is 11.9. The molecule has 0 saturated carbocycles. The van der Waals surface area contributed by atoms with E-state index in [1.54, 1.807) is 49.4 Å². The summed E-state index contributed by atoms with van der Waals surface area (Å²) in [5, 5.41) is -0.807. The second-order valence-electron chi connectivity index (χ2n) is 7.91. The van der Waals surface area contributed by atoms with Crippen molar-refractivity contribution in [2.45, 2.75) is 54.3 Å². The van der Waals surface area contributed by atoms with Gasteiger partial charge in [0.15, 0.2) is 9.84 Å². The standard InChI is InChI=1S/C25H28O5S2/c1-20-13-17-25(18-14-20)32(28,29)30-23(16-15-22-9-5-3-6-10-22)19-21(2)31(26,27)24-11-7-4-8-12-24/h3-14,17-18,21,23H,15-16,19H2,1-2H3/t21?,23-/m0/s1. The van der Waals surface area contributed by atoms with Crippen molar-refractivity contribution in [3.8, 4) is 0 Å². The summed E-state index contributed by atoms with van der Waals surface area (Å²) in [6.45, 7) is 3.47. The van der Waals surface area contributed by atoms with Gasteiger partial charge in [-0.15, -0.1) is 0 Å². The zero-order valence-corrected chi connectivity index (χ0v) is 19.8. The fraction of sp³-hybridized carbons (Fsp3) is 0.280. The Bertz CT molecular complexity index is 1200. The van der Waals surface area contributed by atoms with Crippen molar-refractivity contribution < 1.29 is 21.0 Å². The molecule has 3 aromatic carbocycles. The largest absolute Gasteiger partial charge is 0.297 e. The first-order valence-corrected chi connectivity index (χ1v) is 13.5. The molecule has 0 aliphatic heterocycles. The van der Waals surface area contributed by atoms with Crippen molar-refractivity contribution in [3.05, 3.63) is 96.1 Å². The van der Waals surface area contributed by atoms with E-state index in [9.17, 15) is 16.8 Å². The van der Waals surface area contributed by atoms with Crippen LogP contribution < -0.4 is 0 Å². The number of benzene rings is 3. The third-order valence-electron chi connectivity index (χ3n) is 5.37. The van der Waals surface area contributed by atoms with Gasteiger partial charge in [0.1, 0.15) is 0 Å². The molecule has 0 aromatic heterocycles. The molecule has 5 nitrogen and oxygen atoms in total. The van der Waals surface area contributed by atoms with Gasteiger partial charge in [0, 0.05) is 0 Å². The topological polar surface area (TPSA) is 77.5 Å². The molecule has 0 N–H and O–H groups in total. The van der Waals surface area contributed by atoms with E-state index in [2.05, 4.69) is 0 Å². The average Bonchev–Trinajstić information content (AvgIpc) is 2.79. The Kier molecular flexibility index (Phi) is 7.87. The lowest BCUT2D eigenvalue weighted by Gasteiger charge is -2.22. The Labute approximate surface area is 191 Å². The van der Waals surface area contributed by atoms with E-state index in [1.807, 2.05) is 37.3 Å². The first-order chi connectivity index (χ1) is 15.2. The molecule has 0 spiro atoms. The van der Waals surface area contributed by atoms with Gasteiger partial charge < -0.3 is 0 Å². The van der Waals surface area contributed by atoms with E-state index in [4.69, 9.17) is 4.18 Å². The Morgan fingerprint density at radius 3 is 1.91 bits per heavy atom. The van der Waals surface area contributed by atoms with Gasteiger partial charge in [-0.25, -0.2) is 8.42 Å². The van der Waals surface area contributed by atoms with E-state index in [0.29, 0.717) is 12.8 Å². The van der Waals surface area contributed by atoms with Gasteiger partial charge in [-0.1, -0.05) is 66.2 Å². The molecule has 0 radical (unpaired) electrons. The molecule has 0 saturated heterocycles. The van der Waals surface area contributed by atoms with Crippen molar-refractivity contribution in [1.29, 1.82) is 0 Å². The van der Waals surface area contributed by atoms with E-state index >= 15 is 0 Å². The van der Waals surface area contributed by atoms with Crippen LogP contribution in [0, 0.1) is 6.92 Å². The number of hydrogen-bond donors (Lipinski definition) is 0. The highest BCUT2D eigenvalue weighted by atomic mass is 32.2. The van der Waals surface area contributed by atoms with Gasteiger partial charge in [-0.05, 0) is 62.9 Å². The van der Waals surface area contributed by atoms with Crippen LogP contribution in [0.3, 0.4) is 0 Å². The Morgan fingerprint density at radius 2 is 1.31 bits per heavy atom. The van der Waals surface area contributed by atoms with E-state index in [1.165, 1.54) is 12.1 Å². The van der Waals surface area contributed by atoms with Crippen LogP contribution in [0.1, 0.15) is 30.9 Å². The van der Waals surface area contributed by atoms with Crippen molar-refractivity contribution in [2.24, 2.45) is 0 Å². The Balaban J connectivity index is 1.82. The van der Waals surface area contributed by atoms with Crippen LogP contribution in [-0.2, 0) is 30.6 Å². The number of rotatable bonds is 10. The summed E-state index contributed by atoms with van der Waals surface area (Å²) in [5.41, 5.74) is 1.97. The quantitative estimate of drug-likeness (QED) is 0.390. The maximum absolute atomic E-state index is 13.0. The molecular formula is C25H28O5S2. The molecule has 0 fully saturated rings. The monoisotopic (exact) mass is 472 g/mol. The summed E-state index contributed by atoms with van der Waals surface area (Å²) in [6, 6.07) is 24.3. The molecule has 3 aromatic rings. The first-order valence-electron chi connectivity index (χ1n) is 10.5. The van der Waals surface area contributed by atoms with Gasteiger partial charge in [0.2, 0.25) is 0 Å². The molecule has 0 aliphatic carbocycles. The van der Waals surface area contributed by atoms with E-state index in [-0.39, 0.29) is 16.2 Å². The second kappa shape index (κ2) is 10.4. The summed E-state index contributed by atoms with van der Waals surface area (Å²) in [7, 11) is -7.65. The van der Waals surface area contributed by atoms with Gasteiger partial charge in [0.05, 0.1) is 21.1 Å². The van der Waals surface area contributed by atoms with Gasteiger partial charge in [-0.3, -0.25) is 4.18 Å². The fourth-order valence-electron chi connectivity index (χ4n) is 3.46. The van der Waals surface area contributed by atoms with Crippen LogP contribution in [0.15, 0.2) is 94.7 Å². The molecule has 0 aliphatic rings. The maximum Gasteiger partial charge on any atom is 0.297 e. The predicted octanol–water partition coefficient (Wildman–Crippen LogP) is 4.95. The number of hydrogen-bond acceptors (Lipinski definition) is 5.